The largest absolute Gasteiger partial charge is 0.369 e. The minimum absolute atomic E-state index is 0.00507. The molecule has 1 aliphatic rings. The number of aliphatic imine (C=N–C) groups is 1. The summed E-state index contributed by atoms with van der Waals surface area (Å²) < 4.78 is 1.84. The van der Waals surface area contributed by atoms with Gasteiger partial charge in [-0.1, -0.05) is 23.2 Å². The van der Waals surface area contributed by atoms with E-state index < -0.39 is 0 Å². The van der Waals surface area contributed by atoms with Crippen molar-refractivity contribution in [3.05, 3.63) is 21.9 Å². The Balaban J connectivity index is 1.78. The predicted octanol–water partition coefficient (Wildman–Crippen LogP) is 1.97. The molecule has 4 N–H and O–H groups in total. The lowest BCUT2D eigenvalue weighted by Crippen LogP contribution is -2.43. The summed E-state index contributed by atoms with van der Waals surface area (Å²) >= 11 is 12.1. The number of hydrogen-bond acceptors (Lipinski definition) is 3. The molecule has 0 radical (unpaired) electrons. The highest BCUT2D eigenvalue weighted by Gasteiger charge is 2.23. The van der Waals surface area contributed by atoms with E-state index in [9.17, 15) is 4.79 Å². The van der Waals surface area contributed by atoms with Gasteiger partial charge in [-0.25, -0.2) is 4.99 Å². The molecule has 9 heteroatoms. The average Bonchev–Trinajstić information content (AvgIpc) is 2.90. The molecule has 1 aromatic rings. The van der Waals surface area contributed by atoms with Crippen LogP contribution < -0.4 is 16.4 Å². The topological polar surface area (TPSA) is 87.7 Å². The second-order valence-electron chi connectivity index (χ2n) is 6.85. The quantitative estimate of drug-likeness (QED) is 0.343. The number of nitrogens with two attached hydrogens (primary N) is 1. The number of likely N-dealkylation sites (tertiary alicyclic amines) is 1. The molecule has 152 valence electrons. The Hall–Kier alpha value is -1.44. The van der Waals surface area contributed by atoms with E-state index in [0.29, 0.717) is 16.7 Å². The average molecular weight is 417 g/mol. The lowest BCUT2D eigenvalue weighted by molar-refractivity contribution is -0.123. The van der Waals surface area contributed by atoms with Crippen LogP contribution in [-0.4, -0.2) is 54.1 Å². The molecule has 1 fully saturated rings. The van der Waals surface area contributed by atoms with Gasteiger partial charge in [-0.15, -0.1) is 0 Å². The van der Waals surface area contributed by atoms with Crippen molar-refractivity contribution in [1.82, 2.24) is 20.1 Å². The monoisotopic (exact) mass is 416 g/mol. The van der Waals surface area contributed by atoms with Crippen LogP contribution in [0.15, 0.2) is 11.1 Å². The molecule has 1 amide bonds. The summed E-state index contributed by atoms with van der Waals surface area (Å²) in [6, 6.07) is 1.84. The summed E-state index contributed by atoms with van der Waals surface area (Å²) in [4.78, 5) is 18.3. The number of amides is 1. The van der Waals surface area contributed by atoms with Crippen molar-refractivity contribution in [2.24, 2.45) is 23.7 Å². The van der Waals surface area contributed by atoms with Crippen LogP contribution in [0.2, 0.25) is 10.2 Å². The van der Waals surface area contributed by atoms with Crippen LogP contribution in [0.4, 0.5) is 0 Å². The number of rotatable bonds is 8. The molecule has 1 atom stereocenters. The highest BCUT2D eigenvalue weighted by molar-refractivity contribution is 6.41. The summed E-state index contributed by atoms with van der Waals surface area (Å²) in [5, 5.41) is 7.66. The van der Waals surface area contributed by atoms with Gasteiger partial charge < -0.3 is 25.8 Å². The Morgan fingerprint density at radius 2 is 2.19 bits per heavy atom. The van der Waals surface area contributed by atoms with Gasteiger partial charge in [0.05, 0.1) is 17.5 Å². The number of carbonyl (C=O) groups is 1. The SMILES string of the molecule is CCNC(=NCc1cc(Cl)c(Cl)n1C)NCCCN1CCCC(C(N)=O)C1. The molecule has 1 saturated heterocycles. The van der Waals surface area contributed by atoms with Crippen LogP contribution in [-0.2, 0) is 18.4 Å². The number of aromatic nitrogens is 1. The van der Waals surface area contributed by atoms with Crippen LogP contribution in [0.3, 0.4) is 0 Å². The van der Waals surface area contributed by atoms with Crippen molar-refractivity contribution in [2.75, 3.05) is 32.7 Å². The third-order valence-corrected chi connectivity index (χ3v) is 5.65. The molecule has 0 saturated carbocycles. The van der Waals surface area contributed by atoms with E-state index in [1.807, 2.05) is 24.6 Å². The highest BCUT2D eigenvalue weighted by atomic mass is 35.5. The van der Waals surface area contributed by atoms with E-state index in [2.05, 4.69) is 20.5 Å². The Kier molecular flexibility index (Phi) is 8.73. The summed E-state index contributed by atoms with van der Waals surface area (Å²) in [6.07, 6.45) is 2.92. The number of piperidine rings is 1. The first kappa shape index (κ1) is 21.9. The normalized spacial score (nSPS) is 18.5. The molecule has 0 spiro atoms. The first-order chi connectivity index (χ1) is 12.9. The fourth-order valence-electron chi connectivity index (χ4n) is 3.24. The van der Waals surface area contributed by atoms with Crippen molar-refractivity contribution in [1.29, 1.82) is 0 Å². The number of primary amides is 1. The lowest BCUT2D eigenvalue weighted by Gasteiger charge is -2.31. The van der Waals surface area contributed by atoms with Crippen molar-refractivity contribution >= 4 is 35.1 Å². The molecule has 1 aromatic heterocycles. The molecule has 0 bridgehead atoms. The standard InChI is InChI=1S/C18H30Cl2N6O/c1-3-22-18(24-11-14-10-15(19)16(20)25(14)2)23-7-5-9-26-8-4-6-13(12-26)17(21)27/h10,13H,3-9,11-12H2,1-2H3,(H2,21,27)(H2,22,23,24). The highest BCUT2D eigenvalue weighted by Crippen LogP contribution is 2.25. The van der Waals surface area contributed by atoms with Crippen LogP contribution >= 0.6 is 23.2 Å². The predicted molar refractivity (Wildman–Crippen MR) is 111 cm³/mol. The van der Waals surface area contributed by atoms with Crippen LogP contribution in [0.1, 0.15) is 31.9 Å². The summed E-state index contributed by atoms with van der Waals surface area (Å²) in [5.74, 6) is 0.578. The van der Waals surface area contributed by atoms with Crippen LogP contribution in [0.5, 0.6) is 0 Å². The number of hydrogen-bond donors (Lipinski definition) is 3. The zero-order valence-corrected chi connectivity index (χ0v) is 17.6. The minimum atomic E-state index is -0.180. The second kappa shape index (κ2) is 10.8. The van der Waals surface area contributed by atoms with Gasteiger partial charge in [0.15, 0.2) is 5.96 Å². The number of carbonyl (C=O) groups excluding carboxylic acids is 1. The first-order valence-corrected chi connectivity index (χ1v) is 10.2. The van der Waals surface area contributed by atoms with Gasteiger partial charge in [0.2, 0.25) is 5.91 Å². The molecule has 27 heavy (non-hydrogen) atoms. The van der Waals surface area contributed by atoms with Gasteiger partial charge >= 0.3 is 0 Å². The molecular formula is C18H30Cl2N6O. The maximum absolute atomic E-state index is 11.4. The minimum Gasteiger partial charge on any atom is -0.369 e. The molecule has 0 aromatic carbocycles. The smallest absolute Gasteiger partial charge is 0.221 e. The summed E-state index contributed by atoms with van der Waals surface area (Å²) in [6.45, 7) is 6.87. The van der Waals surface area contributed by atoms with Crippen molar-refractivity contribution in [2.45, 2.75) is 32.7 Å². The fourth-order valence-corrected chi connectivity index (χ4v) is 3.66. The Bertz CT molecular complexity index is 661. The maximum atomic E-state index is 11.4. The van der Waals surface area contributed by atoms with Gasteiger partial charge in [-0.3, -0.25) is 4.79 Å². The Morgan fingerprint density at radius 1 is 1.41 bits per heavy atom. The zero-order valence-electron chi connectivity index (χ0n) is 16.1. The Labute approximate surface area is 171 Å². The summed E-state index contributed by atoms with van der Waals surface area (Å²) in [5.41, 5.74) is 6.39. The zero-order chi connectivity index (χ0) is 19.8. The molecule has 1 unspecified atom stereocenters. The fraction of sp³-hybridized carbons (Fsp3) is 0.667. The van der Waals surface area contributed by atoms with E-state index in [0.717, 1.165) is 63.6 Å². The Morgan fingerprint density at radius 3 is 2.81 bits per heavy atom. The van der Waals surface area contributed by atoms with Crippen molar-refractivity contribution < 1.29 is 4.79 Å². The van der Waals surface area contributed by atoms with E-state index in [1.54, 1.807) is 0 Å². The molecule has 1 aliphatic heterocycles. The van der Waals surface area contributed by atoms with Crippen molar-refractivity contribution in [3.63, 3.8) is 0 Å². The lowest BCUT2D eigenvalue weighted by atomic mass is 9.97. The number of halogens is 2. The molecule has 2 heterocycles. The van der Waals surface area contributed by atoms with Gasteiger partial charge in [0, 0.05) is 32.4 Å². The number of guanidine groups is 1. The molecular weight excluding hydrogens is 387 g/mol. The molecule has 0 aliphatic carbocycles. The van der Waals surface area contributed by atoms with E-state index in [4.69, 9.17) is 28.9 Å². The van der Waals surface area contributed by atoms with Crippen molar-refractivity contribution in [3.8, 4) is 0 Å². The first-order valence-electron chi connectivity index (χ1n) is 9.45. The molecule has 7 nitrogen and oxygen atoms in total. The van der Waals surface area contributed by atoms with Gasteiger partial charge in [0.1, 0.15) is 5.15 Å². The third kappa shape index (κ3) is 6.59. The van der Waals surface area contributed by atoms with Gasteiger partial charge in [0.25, 0.3) is 0 Å². The molecule has 2 rings (SSSR count). The van der Waals surface area contributed by atoms with E-state index in [1.165, 1.54) is 0 Å². The van der Waals surface area contributed by atoms with Gasteiger partial charge in [-0.2, -0.15) is 0 Å². The number of nitrogens with zero attached hydrogens (tertiary/aromatic N) is 3. The maximum Gasteiger partial charge on any atom is 0.221 e. The second-order valence-corrected chi connectivity index (χ2v) is 7.62. The third-order valence-electron chi connectivity index (χ3n) is 4.81. The number of nitrogens with one attached hydrogen (secondary N) is 2. The van der Waals surface area contributed by atoms with E-state index in [-0.39, 0.29) is 11.8 Å². The van der Waals surface area contributed by atoms with Crippen LogP contribution in [0.25, 0.3) is 0 Å². The summed E-state index contributed by atoms with van der Waals surface area (Å²) in [7, 11) is 1.87. The van der Waals surface area contributed by atoms with Crippen LogP contribution in [0, 0.1) is 5.92 Å². The van der Waals surface area contributed by atoms with E-state index >= 15 is 0 Å². The van der Waals surface area contributed by atoms with Gasteiger partial charge in [-0.05, 0) is 45.3 Å².